The lowest BCUT2D eigenvalue weighted by Crippen LogP contribution is -2.35. The van der Waals surface area contributed by atoms with Gasteiger partial charge in [0.1, 0.15) is 24.8 Å². The van der Waals surface area contributed by atoms with Crippen LogP contribution < -0.4 is 29.9 Å². The Kier molecular flexibility index (Phi) is 7.71. The molecule has 0 aliphatic carbocycles. The number of aromatic nitrogens is 2. The molecule has 188 valence electrons. The van der Waals surface area contributed by atoms with Crippen molar-refractivity contribution >= 4 is 34.9 Å². The second kappa shape index (κ2) is 11.3. The molecule has 3 aliphatic rings. The Balaban J connectivity index is 1.28. The van der Waals surface area contributed by atoms with Gasteiger partial charge in [-0.1, -0.05) is 25.8 Å². The fraction of sp³-hybridized carbons (Fsp3) is 0.577. The van der Waals surface area contributed by atoms with E-state index in [-0.39, 0.29) is 0 Å². The van der Waals surface area contributed by atoms with Crippen molar-refractivity contribution in [2.75, 3.05) is 54.5 Å². The summed E-state index contributed by atoms with van der Waals surface area (Å²) >= 11 is 5.61. The summed E-state index contributed by atoms with van der Waals surface area (Å²) in [5, 5.41) is 7.04. The van der Waals surface area contributed by atoms with E-state index in [1.54, 1.807) is 0 Å². The summed E-state index contributed by atoms with van der Waals surface area (Å²) < 4.78 is 11.3. The third-order valence-electron chi connectivity index (χ3n) is 7.02. The van der Waals surface area contributed by atoms with Gasteiger partial charge in [-0.2, -0.15) is 9.97 Å². The van der Waals surface area contributed by atoms with Gasteiger partial charge in [0.15, 0.2) is 16.6 Å². The topological polar surface area (TPSA) is 74.8 Å². The third kappa shape index (κ3) is 6.25. The molecule has 1 aromatic heterocycles. The lowest BCUT2D eigenvalue weighted by Gasteiger charge is -2.32. The minimum absolute atomic E-state index is 0.506. The van der Waals surface area contributed by atoms with Gasteiger partial charge in [0.2, 0.25) is 5.95 Å². The molecule has 0 atom stereocenters. The Morgan fingerprint density at radius 2 is 1.57 bits per heavy atom. The Bertz CT molecular complexity index is 1020. The van der Waals surface area contributed by atoms with E-state index < -0.39 is 0 Å². The van der Waals surface area contributed by atoms with E-state index in [0.717, 1.165) is 60.8 Å². The Morgan fingerprint density at radius 3 is 2.29 bits per heavy atom. The molecule has 0 radical (unpaired) electrons. The molecule has 0 bridgehead atoms. The first kappa shape index (κ1) is 23.9. The summed E-state index contributed by atoms with van der Waals surface area (Å²) in [5.41, 5.74) is 1.07. The fourth-order valence-electron chi connectivity index (χ4n) is 4.87. The number of piperidine rings is 1. The zero-order valence-electron chi connectivity index (χ0n) is 20.6. The van der Waals surface area contributed by atoms with Crippen LogP contribution in [0, 0.1) is 5.92 Å². The van der Waals surface area contributed by atoms with E-state index in [4.69, 9.17) is 31.7 Å². The molecule has 0 amide bonds. The summed E-state index contributed by atoms with van der Waals surface area (Å²) in [4.78, 5) is 14.5. The first-order valence-electron chi connectivity index (χ1n) is 13.0. The zero-order valence-corrected chi connectivity index (χ0v) is 21.4. The summed E-state index contributed by atoms with van der Waals surface area (Å²) in [7, 11) is 0. The number of rotatable bonds is 5. The SMILES string of the molecule is CC1CCN(c2cc(N3CCCCCC3)nc(NC(=S)NCc3ccc4c(c3)OCCO4)n2)CC1. The predicted octanol–water partition coefficient (Wildman–Crippen LogP) is 4.35. The molecule has 5 rings (SSSR count). The largest absolute Gasteiger partial charge is 0.486 e. The van der Waals surface area contributed by atoms with Gasteiger partial charge in [0.05, 0.1) is 0 Å². The highest BCUT2D eigenvalue weighted by Gasteiger charge is 2.21. The molecule has 8 nitrogen and oxygen atoms in total. The van der Waals surface area contributed by atoms with Crippen LogP contribution in [0.1, 0.15) is 51.0 Å². The van der Waals surface area contributed by atoms with E-state index in [9.17, 15) is 0 Å². The fourth-order valence-corrected chi connectivity index (χ4v) is 5.03. The molecule has 0 saturated carbocycles. The number of nitrogens with one attached hydrogen (secondary N) is 2. The smallest absolute Gasteiger partial charge is 0.232 e. The number of thiocarbonyl (C=S) groups is 1. The number of nitrogens with zero attached hydrogens (tertiary/aromatic N) is 4. The van der Waals surface area contributed by atoms with Crippen LogP contribution in [0.4, 0.5) is 17.6 Å². The van der Waals surface area contributed by atoms with E-state index in [2.05, 4.69) is 33.4 Å². The standard InChI is InChI=1S/C26H36N6O2S/c1-19-8-12-32(13-9-19)24-17-23(31-10-4-2-3-5-11-31)28-25(29-24)30-26(35)27-18-20-6-7-21-22(16-20)34-15-14-33-21/h6-7,16-17,19H,2-5,8-15,18H2,1H3,(H2,27,28,29,30,35). The molecule has 1 aromatic carbocycles. The van der Waals surface area contributed by atoms with Crippen LogP contribution in [-0.4, -0.2) is 54.5 Å². The third-order valence-corrected chi connectivity index (χ3v) is 7.27. The van der Waals surface area contributed by atoms with E-state index >= 15 is 0 Å². The normalized spacial score (nSPS) is 18.7. The average Bonchev–Trinajstić information content (AvgIpc) is 3.17. The number of anilines is 3. The summed E-state index contributed by atoms with van der Waals surface area (Å²) in [6.45, 7) is 8.22. The molecule has 4 heterocycles. The van der Waals surface area contributed by atoms with Crippen molar-refractivity contribution in [3.8, 4) is 11.5 Å². The molecule has 2 aromatic rings. The molecular formula is C26H36N6O2S. The van der Waals surface area contributed by atoms with Crippen molar-refractivity contribution in [1.82, 2.24) is 15.3 Å². The van der Waals surface area contributed by atoms with E-state index in [1.807, 2.05) is 18.2 Å². The Labute approximate surface area is 213 Å². The maximum atomic E-state index is 5.69. The van der Waals surface area contributed by atoms with Gasteiger partial charge in [-0.3, -0.25) is 0 Å². The molecule has 3 aliphatic heterocycles. The molecule has 9 heteroatoms. The minimum Gasteiger partial charge on any atom is -0.486 e. The average molecular weight is 497 g/mol. The van der Waals surface area contributed by atoms with E-state index in [1.165, 1.54) is 38.5 Å². The molecule has 2 saturated heterocycles. The highest BCUT2D eigenvalue weighted by Crippen LogP contribution is 2.31. The summed E-state index contributed by atoms with van der Waals surface area (Å²) in [5.74, 6) is 4.88. The van der Waals surface area contributed by atoms with Crippen LogP contribution >= 0.6 is 12.2 Å². The highest BCUT2D eigenvalue weighted by atomic mass is 32.1. The molecule has 2 fully saturated rings. The van der Waals surface area contributed by atoms with E-state index in [0.29, 0.717) is 30.8 Å². The maximum absolute atomic E-state index is 5.69. The van der Waals surface area contributed by atoms with Crippen molar-refractivity contribution in [2.45, 2.75) is 52.0 Å². The van der Waals surface area contributed by atoms with Crippen LogP contribution in [0.15, 0.2) is 24.3 Å². The number of hydrogen-bond acceptors (Lipinski definition) is 7. The van der Waals surface area contributed by atoms with Gasteiger partial charge in [-0.15, -0.1) is 0 Å². The highest BCUT2D eigenvalue weighted by molar-refractivity contribution is 7.80. The second-order valence-electron chi connectivity index (χ2n) is 9.76. The van der Waals surface area contributed by atoms with Gasteiger partial charge in [0.25, 0.3) is 0 Å². The van der Waals surface area contributed by atoms with Crippen molar-refractivity contribution < 1.29 is 9.47 Å². The Hall–Kier alpha value is -2.81. The second-order valence-corrected chi connectivity index (χ2v) is 10.2. The zero-order chi connectivity index (χ0) is 24.0. The number of ether oxygens (including phenoxy) is 2. The summed E-state index contributed by atoms with van der Waals surface area (Å²) in [6.07, 6.45) is 7.38. The minimum atomic E-state index is 0.506. The monoisotopic (exact) mass is 496 g/mol. The lowest BCUT2D eigenvalue weighted by atomic mass is 9.99. The molecular weight excluding hydrogens is 460 g/mol. The van der Waals surface area contributed by atoms with Gasteiger partial charge < -0.3 is 29.9 Å². The number of hydrogen-bond donors (Lipinski definition) is 2. The van der Waals surface area contributed by atoms with Crippen LogP contribution in [0.2, 0.25) is 0 Å². The Morgan fingerprint density at radius 1 is 0.914 bits per heavy atom. The molecule has 2 N–H and O–H groups in total. The van der Waals surface area contributed by atoms with Crippen molar-refractivity contribution in [2.24, 2.45) is 5.92 Å². The van der Waals surface area contributed by atoms with Crippen LogP contribution in [-0.2, 0) is 6.54 Å². The molecule has 0 spiro atoms. The molecule has 0 unspecified atom stereocenters. The van der Waals surface area contributed by atoms with Gasteiger partial charge in [0, 0.05) is 38.8 Å². The van der Waals surface area contributed by atoms with Crippen molar-refractivity contribution in [1.29, 1.82) is 0 Å². The lowest BCUT2D eigenvalue weighted by molar-refractivity contribution is 0.171. The van der Waals surface area contributed by atoms with Gasteiger partial charge in [-0.05, 0) is 61.5 Å². The molecule has 35 heavy (non-hydrogen) atoms. The van der Waals surface area contributed by atoms with Gasteiger partial charge >= 0.3 is 0 Å². The first-order chi connectivity index (χ1) is 17.1. The number of benzene rings is 1. The van der Waals surface area contributed by atoms with Crippen LogP contribution in [0.3, 0.4) is 0 Å². The quantitative estimate of drug-likeness (QED) is 0.588. The van der Waals surface area contributed by atoms with Gasteiger partial charge in [-0.25, -0.2) is 0 Å². The predicted molar refractivity (Wildman–Crippen MR) is 144 cm³/mol. The maximum Gasteiger partial charge on any atom is 0.232 e. The van der Waals surface area contributed by atoms with Crippen LogP contribution in [0.25, 0.3) is 0 Å². The van der Waals surface area contributed by atoms with Crippen molar-refractivity contribution in [3.05, 3.63) is 29.8 Å². The number of fused-ring (bicyclic) bond motifs is 1. The van der Waals surface area contributed by atoms with Crippen molar-refractivity contribution in [3.63, 3.8) is 0 Å². The first-order valence-corrected chi connectivity index (χ1v) is 13.4. The summed E-state index contributed by atoms with van der Waals surface area (Å²) in [6, 6.07) is 8.13. The van der Waals surface area contributed by atoms with Crippen LogP contribution in [0.5, 0.6) is 11.5 Å².